The van der Waals surface area contributed by atoms with Crippen LogP contribution in [0.2, 0.25) is 0 Å². The zero-order valence-electron chi connectivity index (χ0n) is 20.1. The molecule has 0 radical (unpaired) electrons. The number of rotatable bonds is 15. The summed E-state index contributed by atoms with van der Waals surface area (Å²) in [4.78, 5) is 4.72. The summed E-state index contributed by atoms with van der Waals surface area (Å²) >= 11 is 0. The van der Waals surface area contributed by atoms with Crippen molar-refractivity contribution >= 4 is 0 Å². The molecule has 1 aromatic carbocycles. The molecule has 4 heteroatoms. The molecule has 0 amide bonds. The van der Waals surface area contributed by atoms with Crippen LogP contribution < -0.4 is 9.47 Å². The largest absolute Gasteiger partial charge is 0.491 e. The topological polar surface area (TPSA) is 31.4 Å². The number of benzene rings is 1. The maximum absolute atomic E-state index is 15.1. The van der Waals surface area contributed by atoms with Crippen LogP contribution in [-0.2, 0) is 12.8 Å². The van der Waals surface area contributed by atoms with Crippen molar-refractivity contribution in [2.75, 3.05) is 13.2 Å². The van der Waals surface area contributed by atoms with E-state index in [-0.39, 0.29) is 5.82 Å². The van der Waals surface area contributed by atoms with Crippen LogP contribution in [0.15, 0.2) is 24.3 Å². The number of aromatic nitrogens is 1. The number of ether oxygens (including phenoxy) is 2. The zero-order chi connectivity index (χ0) is 22.6. The van der Waals surface area contributed by atoms with Gasteiger partial charge in [0.05, 0.1) is 18.9 Å². The monoisotopic (exact) mass is 441 g/mol. The zero-order valence-corrected chi connectivity index (χ0v) is 20.1. The summed E-state index contributed by atoms with van der Waals surface area (Å²) in [5, 5.41) is 0. The second-order valence-corrected chi connectivity index (χ2v) is 8.93. The van der Waals surface area contributed by atoms with Gasteiger partial charge in [0.25, 0.3) is 0 Å². The third-order valence-electron chi connectivity index (χ3n) is 6.31. The molecule has 3 nitrogen and oxygen atoms in total. The van der Waals surface area contributed by atoms with Gasteiger partial charge >= 0.3 is 0 Å². The van der Waals surface area contributed by atoms with Gasteiger partial charge in [0.15, 0.2) is 11.6 Å². The molecule has 0 bridgehead atoms. The Labute approximate surface area is 193 Å². The molecule has 0 atom stereocenters. The lowest BCUT2D eigenvalue weighted by atomic mass is 9.88. The van der Waals surface area contributed by atoms with E-state index in [1.165, 1.54) is 51.4 Å². The predicted octanol–water partition coefficient (Wildman–Crippen LogP) is 8.07. The van der Waals surface area contributed by atoms with Crippen LogP contribution in [-0.4, -0.2) is 18.2 Å². The third-order valence-corrected chi connectivity index (χ3v) is 6.31. The number of fused-ring (bicyclic) bond motifs is 3. The Hall–Kier alpha value is -2.10. The summed E-state index contributed by atoms with van der Waals surface area (Å²) in [6.45, 7) is 5.73. The SMILES string of the molecule is CCCCCCCCOc1ccc2c(n1)CCc1c-2ccc(OCCCCCCC)c1F. The quantitative estimate of drug-likeness (QED) is 0.262. The first-order valence-corrected chi connectivity index (χ1v) is 12.8. The van der Waals surface area contributed by atoms with E-state index < -0.39 is 0 Å². The molecule has 2 aromatic rings. The normalized spacial score (nSPS) is 12.3. The molecule has 0 spiro atoms. The average Bonchev–Trinajstić information content (AvgIpc) is 2.81. The van der Waals surface area contributed by atoms with Crippen molar-refractivity contribution in [2.24, 2.45) is 0 Å². The molecule has 0 unspecified atom stereocenters. The molecular weight excluding hydrogens is 401 g/mol. The molecule has 1 aliphatic carbocycles. The molecule has 0 N–H and O–H groups in total. The van der Waals surface area contributed by atoms with Crippen LogP contribution in [0.1, 0.15) is 95.7 Å². The van der Waals surface area contributed by atoms with Gasteiger partial charge in [0.2, 0.25) is 5.88 Å². The second-order valence-electron chi connectivity index (χ2n) is 8.93. The summed E-state index contributed by atoms with van der Waals surface area (Å²) in [7, 11) is 0. The number of halogens is 1. The van der Waals surface area contributed by atoms with Crippen molar-refractivity contribution < 1.29 is 13.9 Å². The summed E-state index contributed by atoms with van der Waals surface area (Å²) in [5.74, 6) is 0.865. The molecule has 1 heterocycles. The summed E-state index contributed by atoms with van der Waals surface area (Å²) in [6.07, 6.45) is 14.7. The van der Waals surface area contributed by atoms with Crippen molar-refractivity contribution in [3.8, 4) is 22.8 Å². The molecular formula is C28H40FNO2. The van der Waals surface area contributed by atoms with E-state index >= 15 is 4.39 Å². The lowest BCUT2D eigenvalue weighted by Crippen LogP contribution is -2.11. The lowest BCUT2D eigenvalue weighted by Gasteiger charge is -2.21. The maximum Gasteiger partial charge on any atom is 0.213 e. The summed E-state index contributed by atoms with van der Waals surface area (Å²) < 4.78 is 26.8. The summed E-state index contributed by atoms with van der Waals surface area (Å²) in [6, 6.07) is 7.72. The van der Waals surface area contributed by atoms with Crippen LogP contribution in [0.5, 0.6) is 11.6 Å². The van der Waals surface area contributed by atoms with Crippen LogP contribution >= 0.6 is 0 Å². The van der Waals surface area contributed by atoms with E-state index in [0.717, 1.165) is 48.1 Å². The van der Waals surface area contributed by atoms with Gasteiger partial charge in [-0.25, -0.2) is 9.37 Å². The Morgan fingerprint density at radius 3 is 2.06 bits per heavy atom. The highest BCUT2D eigenvalue weighted by atomic mass is 19.1. The molecule has 0 saturated carbocycles. The van der Waals surface area contributed by atoms with Gasteiger partial charge in [0, 0.05) is 11.6 Å². The number of hydrogen-bond donors (Lipinski definition) is 0. The Kier molecular flexibility index (Phi) is 10.3. The molecule has 0 aliphatic heterocycles. The Balaban J connectivity index is 1.54. The smallest absolute Gasteiger partial charge is 0.213 e. The van der Waals surface area contributed by atoms with E-state index in [1.807, 2.05) is 18.2 Å². The maximum atomic E-state index is 15.1. The first-order valence-electron chi connectivity index (χ1n) is 12.8. The van der Waals surface area contributed by atoms with Crippen molar-refractivity contribution in [1.29, 1.82) is 0 Å². The molecule has 176 valence electrons. The minimum absolute atomic E-state index is 0.204. The fourth-order valence-corrected chi connectivity index (χ4v) is 4.40. The molecule has 3 rings (SSSR count). The molecule has 1 aromatic heterocycles. The highest BCUT2D eigenvalue weighted by Crippen LogP contribution is 2.38. The van der Waals surface area contributed by atoms with Gasteiger partial charge in [-0.3, -0.25) is 0 Å². The minimum atomic E-state index is -0.204. The third kappa shape index (κ3) is 6.95. The van der Waals surface area contributed by atoms with Gasteiger partial charge < -0.3 is 9.47 Å². The van der Waals surface area contributed by atoms with Gasteiger partial charge in [-0.05, 0) is 48.9 Å². The first-order chi connectivity index (χ1) is 15.7. The van der Waals surface area contributed by atoms with E-state index in [1.54, 1.807) is 6.07 Å². The molecule has 0 fully saturated rings. The number of nitrogens with zero attached hydrogens (tertiary/aromatic N) is 1. The van der Waals surface area contributed by atoms with Gasteiger partial charge in [0.1, 0.15) is 0 Å². The average molecular weight is 442 g/mol. The molecule has 0 saturated heterocycles. The van der Waals surface area contributed by atoms with Gasteiger partial charge in [-0.2, -0.15) is 0 Å². The highest BCUT2D eigenvalue weighted by molar-refractivity contribution is 5.73. The fourth-order valence-electron chi connectivity index (χ4n) is 4.40. The predicted molar refractivity (Wildman–Crippen MR) is 130 cm³/mol. The van der Waals surface area contributed by atoms with Crippen LogP contribution in [0.4, 0.5) is 4.39 Å². The van der Waals surface area contributed by atoms with E-state index in [9.17, 15) is 0 Å². The first kappa shape index (κ1) is 24.5. The number of hydrogen-bond acceptors (Lipinski definition) is 3. The van der Waals surface area contributed by atoms with E-state index in [2.05, 4.69) is 13.8 Å². The number of unbranched alkanes of at least 4 members (excludes halogenated alkanes) is 9. The Morgan fingerprint density at radius 2 is 1.34 bits per heavy atom. The van der Waals surface area contributed by atoms with Crippen molar-refractivity contribution in [2.45, 2.75) is 97.3 Å². The lowest BCUT2D eigenvalue weighted by molar-refractivity contribution is 0.289. The van der Waals surface area contributed by atoms with Gasteiger partial charge in [-0.1, -0.05) is 77.7 Å². The van der Waals surface area contributed by atoms with Crippen LogP contribution in [0, 0.1) is 5.82 Å². The second kappa shape index (κ2) is 13.4. The van der Waals surface area contributed by atoms with Crippen molar-refractivity contribution in [3.05, 3.63) is 41.3 Å². The van der Waals surface area contributed by atoms with Crippen LogP contribution in [0.25, 0.3) is 11.1 Å². The number of pyridine rings is 1. The molecule has 1 aliphatic rings. The standard InChI is InChI=1S/C28H40FNO2/c1-3-5-7-9-11-13-21-32-27-19-16-23-22-15-18-26(31-20-12-10-8-6-4-2)28(29)24(22)14-17-25(23)30-27/h15-16,18-19H,3-14,17,20-21H2,1-2H3. The Morgan fingerprint density at radius 1 is 0.719 bits per heavy atom. The fraction of sp³-hybridized carbons (Fsp3) is 0.607. The van der Waals surface area contributed by atoms with Crippen LogP contribution in [0.3, 0.4) is 0 Å². The van der Waals surface area contributed by atoms with Crippen molar-refractivity contribution in [3.63, 3.8) is 0 Å². The Bertz CT molecular complexity index is 836. The number of aryl methyl sites for hydroxylation is 1. The highest BCUT2D eigenvalue weighted by Gasteiger charge is 2.23. The minimum Gasteiger partial charge on any atom is -0.491 e. The van der Waals surface area contributed by atoms with Gasteiger partial charge in [-0.15, -0.1) is 0 Å². The van der Waals surface area contributed by atoms with Crippen molar-refractivity contribution in [1.82, 2.24) is 4.98 Å². The molecule has 32 heavy (non-hydrogen) atoms. The van der Waals surface area contributed by atoms with E-state index in [4.69, 9.17) is 14.5 Å². The summed E-state index contributed by atoms with van der Waals surface area (Å²) in [5.41, 5.74) is 3.71. The van der Waals surface area contributed by atoms with E-state index in [0.29, 0.717) is 31.3 Å².